The predicted octanol–water partition coefficient (Wildman–Crippen LogP) is 2.62. The Kier molecular flexibility index (Phi) is 2.36. The van der Waals surface area contributed by atoms with E-state index in [9.17, 15) is 0 Å². The fraction of sp³-hybridized carbons (Fsp3) is 0.500. The van der Waals surface area contributed by atoms with Crippen molar-refractivity contribution in [2.45, 2.75) is 38.7 Å². The lowest BCUT2D eigenvalue weighted by atomic mass is 9.97. The standard InChI is InChI=1S/C12H16O/c1-2-9-6-7-12-10(8-13)4-3-5-11(9)12/h3-5,9,13H,2,6-8H2,1H3. The average molecular weight is 176 g/mol. The molecule has 1 aliphatic carbocycles. The molecule has 0 saturated heterocycles. The maximum absolute atomic E-state index is 9.16. The van der Waals surface area contributed by atoms with E-state index in [1.807, 2.05) is 6.07 Å². The van der Waals surface area contributed by atoms with Gasteiger partial charge in [-0.15, -0.1) is 0 Å². The Morgan fingerprint density at radius 1 is 1.46 bits per heavy atom. The summed E-state index contributed by atoms with van der Waals surface area (Å²) in [6, 6.07) is 6.32. The third kappa shape index (κ3) is 1.37. The zero-order chi connectivity index (χ0) is 9.26. The van der Waals surface area contributed by atoms with Gasteiger partial charge in [-0.25, -0.2) is 0 Å². The minimum Gasteiger partial charge on any atom is -0.392 e. The molecule has 1 aliphatic rings. The molecule has 0 amide bonds. The Hall–Kier alpha value is -0.820. The van der Waals surface area contributed by atoms with E-state index in [0.717, 1.165) is 17.9 Å². The van der Waals surface area contributed by atoms with Gasteiger partial charge < -0.3 is 5.11 Å². The number of benzene rings is 1. The monoisotopic (exact) mass is 176 g/mol. The molecular formula is C12H16O. The smallest absolute Gasteiger partial charge is 0.0684 e. The number of fused-ring (bicyclic) bond motifs is 1. The van der Waals surface area contributed by atoms with Gasteiger partial charge >= 0.3 is 0 Å². The van der Waals surface area contributed by atoms with Gasteiger partial charge in [-0.05, 0) is 41.9 Å². The lowest BCUT2D eigenvalue weighted by Crippen LogP contribution is -1.94. The Labute approximate surface area is 79.4 Å². The van der Waals surface area contributed by atoms with Crippen LogP contribution in [0.4, 0.5) is 0 Å². The van der Waals surface area contributed by atoms with Crippen LogP contribution in [0.25, 0.3) is 0 Å². The van der Waals surface area contributed by atoms with Gasteiger partial charge in [0.25, 0.3) is 0 Å². The first-order valence-electron chi connectivity index (χ1n) is 5.08. The summed E-state index contributed by atoms with van der Waals surface area (Å²) in [5.74, 6) is 0.737. The molecule has 0 bridgehead atoms. The van der Waals surface area contributed by atoms with Crippen LogP contribution in [0.5, 0.6) is 0 Å². The molecule has 1 aromatic carbocycles. The molecule has 0 saturated carbocycles. The SMILES string of the molecule is CCC1CCc2c(CO)cccc21. The highest BCUT2D eigenvalue weighted by Gasteiger charge is 2.22. The molecule has 13 heavy (non-hydrogen) atoms. The van der Waals surface area contributed by atoms with Crippen molar-refractivity contribution in [2.75, 3.05) is 0 Å². The average Bonchev–Trinajstić information content (AvgIpc) is 2.60. The second-order valence-corrected chi connectivity index (χ2v) is 3.79. The second-order valence-electron chi connectivity index (χ2n) is 3.79. The van der Waals surface area contributed by atoms with E-state index < -0.39 is 0 Å². The van der Waals surface area contributed by atoms with Crippen LogP contribution in [0, 0.1) is 0 Å². The summed E-state index contributed by atoms with van der Waals surface area (Å²) < 4.78 is 0. The first-order chi connectivity index (χ1) is 6.36. The van der Waals surface area contributed by atoms with Crippen LogP contribution in [0.2, 0.25) is 0 Å². The fourth-order valence-corrected chi connectivity index (χ4v) is 2.39. The van der Waals surface area contributed by atoms with Gasteiger partial charge in [0.05, 0.1) is 6.61 Å². The minimum absolute atomic E-state index is 0.194. The van der Waals surface area contributed by atoms with E-state index in [0.29, 0.717) is 0 Å². The van der Waals surface area contributed by atoms with E-state index in [1.54, 1.807) is 0 Å². The highest BCUT2D eigenvalue weighted by Crippen LogP contribution is 2.36. The molecule has 0 fully saturated rings. The van der Waals surface area contributed by atoms with Crippen LogP contribution in [-0.2, 0) is 13.0 Å². The van der Waals surface area contributed by atoms with E-state index in [-0.39, 0.29) is 6.61 Å². The van der Waals surface area contributed by atoms with Crippen LogP contribution < -0.4 is 0 Å². The summed E-state index contributed by atoms with van der Waals surface area (Å²) in [5.41, 5.74) is 4.03. The van der Waals surface area contributed by atoms with Gasteiger partial charge in [0, 0.05) is 0 Å². The summed E-state index contributed by atoms with van der Waals surface area (Å²) >= 11 is 0. The fourth-order valence-electron chi connectivity index (χ4n) is 2.39. The molecule has 70 valence electrons. The molecule has 1 aromatic rings. The number of hydrogen-bond acceptors (Lipinski definition) is 1. The zero-order valence-electron chi connectivity index (χ0n) is 8.09. The lowest BCUT2D eigenvalue weighted by Gasteiger charge is -2.09. The van der Waals surface area contributed by atoms with Crippen molar-refractivity contribution in [2.24, 2.45) is 0 Å². The Bertz CT molecular complexity index is 304. The lowest BCUT2D eigenvalue weighted by molar-refractivity contribution is 0.280. The quantitative estimate of drug-likeness (QED) is 0.734. The van der Waals surface area contributed by atoms with E-state index in [2.05, 4.69) is 19.1 Å². The van der Waals surface area contributed by atoms with Crippen LogP contribution >= 0.6 is 0 Å². The van der Waals surface area contributed by atoms with Crippen LogP contribution in [-0.4, -0.2) is 5.11 Å². The molecule has 0 radical (unpaired) electrons. The molecule has 1 heteroatoms. The van der Waals surface area contributed by atoms with Crippen molar-refractivity contribution in [1.82, 2.24) is 0 Å². The van der Waals surface area contributed by atoms with Gasteiger partial charge in [0.2, 0.25) is 0 Å². The van der Waals surface area contributed by atoms with Crippen LogP contribution in [0.15, 0.2) is 18.2 Å². The summed E-state index contributed by atoms with van der Waals surface area (Å²) in [6.45, 7) is 2.44. The van der Waals surface area contributed by atoms with Gasteiger partial charge in [0.15, 0.2) is 0 Å². The van der Waals surface area contributed by atoms with Gasteiger partial charge in [-0.2, -0.15) is 0 Å². The Balaban J connectivity index is 2.43. The molecule has 1 unspecified atom stereocenters. The minimum atomic E-state index is 0.194. The highest BCUT2D eigenvalue weighted by atomic mass is 16.3. The number of rotatable bonds is 2. The van der Waals surface area contributed by atoms with Crippen molar-refractivity contribution in [1.29, 1.82) is 0 Å². The summed E-state index contributed by atoms with van der Waals surface area (Å²) in [7, 11) is 0. The normalized spacial score (nSPS) is 20.3. The molecule has 0 spiro atoms. The molecule has 0 aliphatic heterocycles. The van der Waals surface area contributed by atoms with Crippen molar-refractivity contribution in [3.05, 3.63) is 34.9 Å². The first-order valence-corrected chi connectivity index (χ1v) is 5.08. The molecule has 0 aromatic heterocycles. The molecule has 2 rings (SSSR count). The van der Waals surface area contributed by atoms with Gasteiger partial charge in [-0.3, -0.25) is 0 Å². The first kappa shape index (κ1) is 8.76. The Morgan fingerprint density at radius 3 is 3.00 bits per heavy atom. The number of aliphatic hydroxyl groups is 1. The van der Waals surface area contributed by atoms with Crippen LogP contribution in [0.3, 0.4) is 0 Å². The maximum atomic E-state index is 9.16. The van der Waals surface area contributed by atoms with Crippen molar-refractivity contribution < 1.29 is 5.11 Å². The van der Waals surface area contributed by atoms with Crippen molar-refractivity contribution in [3.63, 3.8) is 0 Å². The highest BCUT2D eigenvalue weighted by molar-refractivity contribution is 5.40. The maximum Gasteiger partial charge on any atom is 0.0684 e. The second kappa shape index (κ2) is 3.51. The summed E-state index contributed by atoms with van der Waals surface area (Å²) in [5, 5.41) is 9.16. The van der Waals surface area contributed by atoms with Crippen molar-refractivity contribution >= 4 is 0 Å². The predicted molar refractivity (Wildman–Crippen MR) is 53.7 cm³/mol. The molecule has 1 N–H and O–H groups in total. The van der Waals surface area contributed by atoms with Crippen molar-refractivity contribution in [3.8, 4) is 0 Å². The largest absolute Gasteiger partial charge is 0.392 e. The van der Waals surface area contributed by atoms with E-state index in [4.69, 9.17) is 5.11 Å². The topological polar surface area (TPSA) is 20.2 Å². The molecule has 1 atom stereocenters. The van der Waals surface area contributed by atoms with Crippen LogP contribution in [0.1, 0.15) is 42.4 Å². The summed E-state index contributed by atoms with van der Waals surface area (Å²) in [6.07, 6.45) is 3.65. The third-order valence-corrected chi connectivity index (χ3v) is 3.16. The van der Waals surface area contributed by atoms with Gasteiger partial charge in [0.1, 0.15) is 0 Å². The van der Waals surface area contributed by atoms with E-state index >= 15 is 0 Å². The number of aliphatic hydroxyl groups excluding tert-OH is 1. The summed E-state index contributed by atoms with van der Waals surface area (Å²) in [4.78, 5) is 0. The Morgan fingerprint density at radius 2 is 2.31 bits per heavy atom. The zero-order valence-corrected chi connectivity index (χ0v) is 8.09. The number of hydrogen-bond donors (Lipinski definition) is 1. The third-order valence-electron chi connectivity index (χ3n) is 3.16. The van der Waals surface area contributed by atoms with E-state index in [1.165, 1.54) is 24.0 Å². The molecule has 1 nitrogen and oxygen atoms in total. The molecular weight excluding hydrogens is 160 g/mol. The molecule has 0 heterocycles. The van der Waals surface area contributed by atoms with Gasteiger partial charge in [-0.1, -0.05) is 25.1 Å².